The Bertz CT molecular complexity index is 1040. The van der Waals surface area contributed by atoms with Crippen LogP contribution in [0.1, 0.15) is 24.5 Å². The number of hydrogen-bond acceptors (Lipinski definition) is 4. The topological polar surface area (TPSA) is 86.4 Å². The fourth-order valence-electron chi connectivity index (χ4n) is 3.48. The van der Waals surface area contributed by atoms with Gasteiger partial charge in [0.2, 0.25) is 0 Å². The van der Waals surface area contributed by atoms with Crippen LogP contribution in [0.3, 0.4) is 0 Å². The van der Waals surface area contributed by atoms with Crippen molar-refractivity contribution in [2.24, 2.45) is 29.4 Å². The first kappa shape index (κ1) is 17.7. The Morgan fingerprint density at radius 3 is 2.77 bits per heavy atom. The Morgan fingerprint density at radius 1 is 1.35 bits per heavy atom. The van der Waals surface area contributed by atoms with Gasteiger partial charge in [-0.15, -0.1) is 0 Å². The lowest BCUT2D eigenvalue weighted by molar-refractivity contribution is 0.738. The van der Waals surface area contributed by atoms with Crippen molar-refractivity contribution in [2.75, 3.05) is 7.05 Å². The van der Waals surface area contributed by atoms with Gasteiger partial charge < -0.3 is 16.0 Å². The largest absolute Gasteiger partial charge is 0.404 e. The highest BCUT2D eigenvalue weighted by Crippen LogP contribution is 2.33. The Balaban J connectivity index is 2.30. The smallest absolute Gasteiger partial charge is 0.258 e. The Kier molecular flexibility index (Phi) is 4.80. The van der Waals surface area contributed by atoms with Crippen molar-refractivity contribution in [3.8, 4) is 0 Å². The van der Waals surface area contributed by atoms with Gasteiger partial charge in [0.25, 0.3) is 5.56 Å². The molecular weight excluding hydrogens is 324 g/mol. The molecule has 0 radical (unpaired) electrons. The number of nitrogens with two attached hydrogens (primary N) is 2. The molecule has 0 amide bonds. The van der Waals surface area contributed by atoms with E-state index in [-0.39, 0.29) is 5.56 Å². The van der Waals surface area contributed by atoms with E-state index in [0.29, 0.717) is 11.3 Å². The monoisotopic (exact) mass is 348 g/mol. The molecule has 0 aliphatic heterocycles. The fraction of sp³-hybridized carbons (Fsp3) is 0.238. The SMILES string of the molecule is CN=CC(=CN)c1ccc2c(=O)n(C)cc(C3=CC(N)=CC(C)C3)c2c1. The van der Waals surface area contributed by atoms with Crippen LogP contribution in [-0.4, -0.2) is 17.8 Å². The van der Waals surface area contributed by atoms with Gasteiger partial charge >= 0.3 is 0 Å². The van der Waals surface area contributed by atoms with Crippen molar-refractivity contribution >= 4 is 28.1 Å². The third kappa shape index (κ3) is 3.20. The van der Waals surface area contributed by atoms with E-state index in [2.05, 4.69) is 18.0 Å². The summed E-state index contributed by atoms with van der Waals surface area (Å²) in [6, 6.07) is 5.77. The van der Waals surface area contributed by atoms with Crippen LogP contribution < -0.4 is 17.0 Å². The number of aliphatic imine (C=N–C) groups is 1. The fourth-order valence-corrected chi connectivity index (χ4v) is 3.48. The summed E-state index contributed by atoms with van der Waals surface area (Å²) < 4.78 is 1.63. The van der Waals surface area contributed by atoms with E-state index in [4.69, 9.17) is 11.5 Å². The number of benzene rings is 1. The number of aromatic nitrogens is 1. The molecule has 1 aromatic heterocycles. The molecule has 0 spiro atoms. The van der Waals surface area contributed by atoms with Crippen molar-refractivity contribution in [1.29, 1.82) is 0 Å². The minimum atomic E-state index is -0.0225. The van der Waals surface area contributed by atoms with Crippen LogP contribution in [0, 0.1) is 5.92 Å². The maximum absolute atomic E-state index is 12.6. The summed E-state index contributed by atoms with van der Waals surface area (Å²) in [7, 11) is 3.48. The molecule has 5 heteroatoms. The van der Waals surface area contributed by atoms with Crippen molar-refractivity contribution in [1.82, 2.24) is 4.57 Å². The van der Waals surface area contributed by atoms with Gasteiger partial charge in [0.15, 0.2) is 0 Å². The van der Waals surface area contributed by atoms with Crippen LogP contribution in [-0.2, 0) is 7.05 Å². The standard InChI is InChI=1S/C21H24N4O/c1-13-6-15(8-17(23)7-13)20-12-25(3)21(26)18-5-4-14(9-19(18)20)16(10-22)11-24-2/h4-5,7-13H,6,22-23H2,1-3H3. The lowest BCUT2D eigenvalue weighted by Crippen LogP contribution is -2.18. The molecule has 0 saturated heterocycles. The lowest BCUT2D eigenvalue weighted by atomic mass is 9.88. The number of aryl methyl sites for hydroxylation is 1. The van der Waals surface area contributed by atoms with Crippen molar-refractivity contribution in [3.63, 3.8) is 0 Å². The van der Waals surface area contributed by atoms with E-state index < -0.39 is 0 Å². The van der Waals surface area contributed by atoms with Crippen LogP contribution in [0.2, 0.25) is 0 Å². The quantitative estimate of drug-likeness (QED) is 0.836. The summed E-state index contributed by atoms with van der Waals surface area (Å²) in [5.41, 5.74) is 16.5. The van der Waals surface area contributed by atoms with Crippen molar-refractivity contribution < 1.29 is 0 Å². The zero-order valence-corrected chi connectivity index (χ0v) is 15.4. The van der Waals surface area contributed by atoms with E-state index in [0.717, 1.165) is 39.8 Å². The summed E-state index contributed by atoms with van der Waals surface area (Å²) in [4.78, 5) is 16.7. The van der Waals surface area contributed by atoms with Crippen LogP contribution in [0.5, 0.6) is 0 Å². The van der Waals surface area contributed by atoms with Gasteiger partial charge in [0, 0.05) is 54.9 Å². The predicted octanol–water partition coefficient (Wildman–Crippen LogP) is 2.80. The highest BCUT2D eigenvalue weighted by Gasteiger charge is 2.17. The van der Waals surface area contributed by atoms with Crippen LogP contribution in [0.4, 0.5) is 0 Å². The Morgan fingerprint density at radius 2 is 2.12 bits per heavy atom. The van der Waals surface area contributed by atoms with Gasteiger partial charge in [-0.1, -0.05) is 19.1 Å². The highest BCUT2D eigenvalue weighted by atomic mass is 16.1. The van der Waals surface area contributed by atoms with E-state index in [1.807, 2.05) is 30.5 Å². The zero-order valence-electron chi connectivity index (χ0n) is 15.4. The average molecular weight is 348 g/mol. The average Bonchev–Trinajstić information content (AvgIpc) is 2.61. The molecule has 5 nitrogen and oxygen atoms in total. The van der Waals surface area contributed by atoms with Crippen LogP contribution >= 0.6 is 0 Å². The maximum Gasteiger partial charge on any atom is 0.258 e. The van der Waals surface area contributed by atoms with Gasteiger partial charge in [-0.2, -0.15) is 0 Å². The highest BCUT2D eigenvalue weighted by molar-refractivity contribution is 6.11. The van der Waals surface area contributed by atoms with E-state index in [1.54, 1.807) is 24.9 Å². The number of nitrogens with zero attached hydrogens (tertiary/aromatic N) is 2. The van der Waals surface area contributed by atoms with Gasteiger partial charge in [-0.25, -0.2) is 0 Å². The molecule has 134 valence electrons. The van der Waals surface area contributed by atoms with E-state index >= 15 is 0 Å². The first-order chi connectivity index (χ1) is 12.4. The van der Waals surface area contributed by atoms with E-state index in [1.165, 1.54) is 6.20 Å². The van der Waals surface area contributed by atoms with Crippen molar-refractivity contribution in [2.45, 2.75) is 13.3 Å². The second kappa shape index (κ2) is 7.04. The second-order valence-electron chi connectivity index (χ2n) is 6.75. The normalized spacial score (nSPS) is 18.3. The van der Waals surface area contributed by atoms with Gasteiger partial charge in [-0.3, -0.25) is 9.79 Å². The first-order valence-electron chi connectivity index (χ1n) is 8.60. The molecule has 1 heterocycles. The number of allylic oxidation sites excluding steroid dienone is 4. The molecule has 0 saturated carbocycles. The number of rotatable bonds is 3. The molecule has 1 unspecified atom stereocenters. The molecule has 4 N–H and O–H groups in total. The van der Waals surface area contributed by atoms with E-state index in [9.17, 15) is 4.79 Å². The maximum atomic E-state index is 12.6. The molecular formula is C21H24N4O. The molecule has 1 aliphatic rings. The minimum Gasteiger partial charge on any atom is -0.404 e. The second-order valence-corrected chi connectivity index (χ2v) is 6.75. The molecule has 1 aromatic carbocycles. The van der Waals surface area contributed by atoms with Crippen LogP contribution in [0.25, 0.3) is 21.9 Å². The zero-order chi connectivity index (χ0) is 18.8. The molecule has 1 aliphatic carbocycles. The molecule has 3 rings (SSSR count). The Hall–Kier alpha value is -3.08. The summed E-state index contributed by atoms with van der Waals surface area (Å²) in [6.07, 6.45) is 10.1. The summed E-state index contributed by atoms with van der Waals surface area (Å²) in [6.45, 7) is 2.14. The third-order valence-corrected chi connectivity index (χ3v) is 4.67. The van der Waals surface area contributed by atoms with Gasteiger partial charge in [-0.05, 0) is 47.1 Å². The van der Waals surface area contributed by atoms with Gasteiger partial charge in [0.05, 0.1) is 0 Å². The summed E-state index contributed by atoms with van der Waals surface area (Å²) >= 11 is 0. The molecule has 0 bridgehead atoms. The van der Waals surface area contributed by atoms with Crippen molar-refractivity contribution in [3.05, 3.63) is 69.9 Å². The first-order valence-corrected chi connectivity index (χ1v) is 8.60. The summed E-state index contributed by atoms with van der Waals surface area (Å²) in [5, 5.41) is 1.59. The number of hydrogen-bond donors (Lipinski definition) is 2. The summed E-state index contributed by atoms with van der Waals surface area (Å²) in [5.74, 6) is 0.359. The minimum absolute atomic E-state index is 0.0225. The Labute approximate surface area is 153 Å². The third-order valence-electron chi connectivity index (χ3n) is 4.67. The molecule has 26 heavy (non-hydrogen) atoms. The molecule has 1 atom stereocenters. The lowest BCUT2D eigenvalue weighted by Gasteiger charge is -2.20. The molecule has 0 fully saturated rings. The van der Waals surface area contributed by atoms with Gasteiger partial charge in [0.1, 0.15) is 0 Å². The van der Waals surface area contributed by atoms with Crippen LogP contribution in [0.15, 0.2) is 58.2 Å². The molecule has 2 aromatic rings. The number of fused-ring (bicyclic) bond motifs is 1. The number of pyridine rings is 1. The predicted molar refractivity (Wildman–Crippen MR) is 110 cm³/mol.